The summed E-state index contributed by atoms with van der Waals surface area (Å²) in [5.74, 6) is 0.522. The van der Waals surface area contributed by atoms with E-state index in [-0.39, 0.29) is 12.2 Å². The third-order valence-electron chi connectivity index (χ3n) is 4.22. The molecule has 1 aromatic heterocycles. The van der Waals surface area contributed by atoms with Gasteiger partial charge in [0.2, 0.25) is 5.88 Å². The Balaban J connectivity index is 1.58. The number of carbonyl (C=O) groups is 1. The molecule has 30 heavy (non-hydrogen) atoms. The number of hydrogen-bond donors (Lipinski definition) is 2. The van der Waals surface area contributed by atoms with E-state index >= 15 is 0 Å². The van der Waals surface area contributed by atoms with Crippen LogP contribution in [-0.4, -0.2) is 18.1 Å². The number of amides is 2. The average molecular weight is 436 g/mol. The third-order valence-corrected chi connectivity index (χ3v) is 4.55. The lowest BCUT2D eigenvalue weighted by atomic mass is 10.1. The molecule has 2 N–H and O–H groups in total. The van der Waals surface area contributed by atoms with E-state index in [1.807, 2.05) is 30.3 Å². The summed E-state index contributed by atoms with van der Waals surface area (Å²) in [6.07, 6.45) is -2.91. The van der Waals surface area contributed by atoms with Crippen molar-refractivity contribution in [3.63, 3.8) is 0 Å². The quantitative estimate of drug-likeness (QED) is 0.536. The van der Waals surface area contributed by atoms with Crippen molar-refractivity contribution in [2.24, 2.45) is 0 Å². The number of nitrogens with one attached hydrogen (secondary N) is 2. The van der Waals surface area contributed by atoms with Crippen molar-refractivity contribution >= 4 is 23.3 Å². The maximum Gasteiger partial charge on any atom is 0.417 e. The highest BCUT2D eigenvalue weighted by molar-refractivity contribution is 6.31. The number of halogens is 4. The van der Waals surface area contributed by atoms with Crippen LogP contribution in [0.2, 0.25) is 5.02 Å². The number of urea groups is 1. The molecule has 0 atom stereocenters. The number of aromatic nitrogens is 1. The molecule has 2 amide bonds. The van der Waals surface area contributed by atoms with E-state index in [1.54, 1.807) is 19.4 Å². The molecule has 3 aromatic rings. The number of rotatable bonds is 5. The first kappa shape index (κ1) is 21.4. The van der Waals surface area contributed by atoms with Crippen LogP contribution in [0.25, 0.3) is 11.1 Å². The molecule has 3 rings (SSSR count). The summed E-state index contributed by atoms with van der Waals surface area (Å²) in [4.78, 5) is 16.2. The Labute approximate surface area is 175 Å². The van der Waals surface area contributed by atoms with E-state index in [0.29, 0.717) is 5.88 Å². The number of hydrogen-bond acceptors (Lipinski definition) is 3. The van der Waals surface area contributed by atoms with Gasteiger partial charge in [-0.15, -0.1) is 0 Å². The Morgan fingerprint density at radius 1 is 1.07 bits per heavy atom. The Morgan fingerprint density at radius 2 is 1.77 bits per heavy atom. The van der Waals surface area contributed by atoms with Crippen LogP contribution in [0.4, 0.5) is 23.7 Å². The van der Waals surface area contributed by atoms with E-state index < -0.39 is 22.8 Å². The highest BCUT2D eigenvalue weighted by Crippen LogP contribution is 2.36. The van der Waals surface area contributed by atoms with Crippen molar-refractivity contribution < 1.29 is 22.7 Å². The summed E-state index contributed by atoms with van der Waals surface area (Å²) in [5.41, 5.74) is 1.66. The molecule has 0 fully saturated rings. The molecule has 156 valence electrons. The highest BCUT2D eigenvalue weighted by Gasteiger charge is 2.33. The zero-order valence-electron chi connectivity index (χ0n) is 15.8. The van der Waals surface area contributed by atoms with E-state index in [0.717, 1.165) is 28.8 Å². The van der Waals surface area contributed by atoms with Crippen LogP contribution in [0.15, 0.2) is 60.8 Å². The average Bonchev–Trinajstić information content (AvgIpc) is 2.73. The molecule has 0 saturated carbocycles. The Hall–Kier alpha value is -3.26. The lowest BCUT2D eigenvalue weighted by molar-refractivity contribution is -0.137. The first-order valence-electron chi connectivity index (χ1n) is 8.77. The lowest BCUT2D eigenvalue weighted by Crippen LogP contribution is -2.28. The number of nitrogens with zero attached hydrogens (tertiary/aromatic N) is 1. The lowest BCUT2D eigenvalue weighted by Gasteiger charge is -2.12. The van der Waals surface area contributed by atoms with Crippen LogP contribution in [0, 0.1) is 0 Å². The van der Waals surface area contributed by atoms with Gasteiger partial charge in [0, 0.05) is 30.1 Å². The minimum Gasteiger partial charge on any atom is -0.481 e. The first-order valence-corrected chi connectivity index (χ1v) is 9.15. The Bertz CT molecular complexity index is 1020. The predicted octanol–water partition coefficient (Wildman–Crippen LogP) is 5.75. The molecule has 0 aliphatic rings. The summed E-state index contributed by atoms with van der Waals surface area (Å²) < 4.78 is 43.7. The minimum absolute atomic E-state index is 0.00780. The second-order valence-corrected chi connectivity index (χ2v) is 6.69. The number of alkyl halides is 3. The van der Waals surface area contributed by atoms with Crippen LogP contribution in [-0.2, 0) is 12.7 Å². The van der Waals surface area contributed by atoms with Gasteiger partial charge in [-0.25, -0.2) is 9.78 Å². The van der Waals surface area contributed by atoms with E-state index in [9.17, 15) is 18.0 Å². The van der Waals surface area contributed by atoms with Gasteiger partial charge >= 0.3 is 12.2 Å². The summed E-state index contributed by atoms with van der Waals surface area (Å²) in [7, 11) is 1.54. The van der Waals surface area contributed by atoms with Crippen molar-refractivity contribution in [1.82, 2.24) is 10.3 Å². The van der Waals surface area contributed by atoms with Gasteiger partial charge in [0.1, 0.15) is 0 Å². The van der Waals surface area contributed by atoms with Gasteiger partial charge in [-0.3, -0.25) is 0 Å². The van der Waals surface area contributed by atoms with Gasteiger partial charge in [0.15, 0.2) is 0 Å². The first-order chi connectivity index (χ1) is 14.3. The minimum atomic E-state index is -4.60. The molecular weight excluding hydrogens is 419 g/mol. The van der Waals surface area contributed by atoms with Gasteiger partial charge in [-0.2, -0.15) is 13.2 Å². The normalized spacial score (nSPS) is 11.1. The van der Waals surface area contributed by atoms with E-state index in [4.69, 9.17) is 16.3 Å². The molecule has 0 unspecified atom stereocenters. The fourth-order valence-electron chi connectivity index (χ4n) is 2.66. The molecule has 0 aliphatic carbocycles. The summed E-state index contributed by atoms with van der Waals surface area (Å²) >= 11 is 5.57. The van der Waals surface area contributed by atoms with Gasteiger partial charge in [-0.05, 0) is 35.4 Å². The fourth-order valence-corrected chi connectivity index (χ4v) is 2.89. The molecule has 0 bridgehead atoms. The van der Waals surface area contributed by atoms with Gasteiger partial charge < -0.3 is 15.4 Å². The molecule has 0 aliphatic heterocycles. The van der Waals surface area contributed by atoms with Crippen molar-refractivity contribution in [2.45, 2.75) is 12.7 Å². The maximum absolute atomic E-state index is 12.9. The monoisotopic (exact) mass is 435 g/mol. The summed E-state index contributed by atoms with van der Waals surface area (Å²) in [6.45, 7) is 0.201. The Kier molecular flexibility index (Phi) is 6.47. The molecule has 0 radical (unpaired) electrons. The predicted molar refractivity (Wildman–Crippen MR) is 109 cm³/mol. The van der Waals surface area contributed by atoms with Crippen molar-refractivity contribution in [3.05, 3.63) is 76.9 Å². The number of methoxy groups -OCH3 is 1. The number of ether oxygens (including phenoxy) is 1. The zero-order chi connectivity index (χ0) is 21.7. The molecule has 0 saturated heterocycles. The number of benzene rings is 2. The maximum atomic E-state index is 12.9. The number of anilines is 1. The largest absolute Gasteiger partial charge is 0.481 e. The molecule has 0 spiro atoms. The van der Waals surface area contributed by atoms with Gasteiger partial charge in [-0.1, -0.05) is 35.9 Å². The van der Waals surface area contributed by atoms with Crippen LogP contribution in [0.3, 0.4) is 0 Å². The number of carbonyl (C=O) groups excluding carboxylic acids is 1. The second-order valence-electron chi connectivity index (χ2n) is 6.29. The SMILES string of the molecule is COc1ccc(-c2ccc(CNC(=O)Nc3ccc(Cl)c(C(F)(F)F)c3)cc2)cn1. The van der Waals surface area contributed by atoms with Crippen LogP contribution >= 0.6 is 11.6 Å². The van der Waals surface area contributed by atoms with Gasteiger partial charge in [0.25, 0.3) is 0 Å². The fraction of sp³-hybridized carbons (Fsp3) is 0.143. The highest BCUT2D eigenvalue weighted by atomic mass is 35.5. The van der Waals surface area contributed by atoms with Crippen LogP contribution in [0.1, 0.15) is 11.1 Å². The zero-order valence-corrected chi connectivity index (χ0v) is 16.5. The van der Waals surface area contributed by atoms with Crippen molar-refractivity contribution in [2.75, 3.05) is 12.4 Å². The summed E-state index contributed by atoms with van der Waals surface area (Å²) in [6, 6.07) is 13.6. The van der Waals surface area contributed by atoms with E-state index in [2.05, 4.69) is 15.6 Å². The third kappa shape index (κ3) is 5.42. The number of pyridine rings is 1. The molecule has 2 aromatic carbocycles. The van der Waals surface area contributed by atoms with Crippen molar-refractivity contribution in [1.29, 1.82) is 0 Å². The van der Waals surface area contributed by atoms with Crippen LogP contribution < -0.4 is 15.4 Å². The van der Waals surface area contributed by atoms with Gasteiger partial charge in [0.05, 0.1) is 17.7 Å². The van der Waals surface area contributed by atoms with E-state index in [1.165, 1.54) is 6.07 Å². The van der Waals surface area contributed by atoms with Crippen LogP contribution in [0.5, 0.6) is 5.88 Å². The molecule has 9 heteroatoms. The van der Waals surface area contributed by atoms with Crippen molar-refractivity contribution in [3.8, 4) is 17.0 Å². The Morgan fingerprint density at radius 3 is 2.37 bits per heavy atom. The second kappa shape index (κ2) is 9.04. The standard InChI is InChI=1S/C21H17ClF3N3O2/c1-30-19-9-6-15(12-26-19)14-4-2-13(3-5-14)11-27-20(29)28-16-7-8-18(22)17(10-16)21(23,24)25/h2-10,12H,11H2,1H3,(H2,27,28,29). The molecule has 1 heterocycles. The smallest absolute Gasteiger partial charge is 0.417 e. The molecule has 5 nitrogen and oxygen atoms in total. The summed E-state index contributed by atoms with van der Waals surface area (Å²) in [5, 5.41) is 4.54. The molecular formula is C21H17ClF3N3O2. The topological polar surface area (TPSA) is 63.2 Å².